The second-order valence-electron chi connectivity index (χ2n) is 9.41. The summed E-state index contributed by atoms with van der Waals surface area (Å²) in [4.78, 5) is 33.9. The molecule has 186 valence electrons. The number of hydrogen-bond donors (Lipinski definition) is 3. The predicted molar refractivity (Wildman–Crippen MR) is 132 cm³/mol. The molecule has 35 heavy (non-hydrogen) atoms. The normalized spacial score (nSPS) is 20.6. The minimum absolute atomic E-state index is 0.185. The van der Waals surface area contributed by atoms with Crippen LogP contribution in [0.5, 0.6) is 0 Å². The molecule has 5 heterocycles. The van der Waals surface area contributed by atoms with Gasteiger partial charge in [0, 0.05) is 50.0 Å². The van der Waals surface area contributed by atoms with Gasteiger partial charge in [-0.1, -0.05) is 0 Å². The Hall–Kier alpha value is -2.77. The predicted octanol–water partition coefficient (Wildman–Crippen LogP) is 0.800. The monoisotopic (exact) mass is 499 g/mol. The van der Waals surface area contributed by atoms with Crippen molar-refractivity contribution in [1.82, 2.24) is 24.8 Å². The van der Waals surface area contributed by atoms with E-state index in [1.54, 1.807) is 12.4 Å². The maximum absolute atomic E-state index is 11.6. The zero-order chi connectivity index (χ0) is 24.6. The third-order valence-corrected chi connectivity index (χ3v) is 7.85. The fourth-order valence-electron chi connectivity index (χ4n) is 4.53. The number of piperidine rings is 1. The first-order valence-electron chi connectivity index (χ1n) is 11.6. The van der Waals surface area contributed by atoms with Crippen LogP contribution in [-0.4, -0.2) is 92.9 Å². The number of carbonyl (C=O) groups excluding carboxylic acids is 1. The van der Waals surface area contributed by atoms with Gasteiger partial charge in [-0.15, -0.1) is 11.3 Å². The third kappa shape index (κ3) is 4.98. The molecule has 2 aliphatic rings. The average Bonchev–Trinajstić information content (AvgIpc) is 3.31. The molecular formula is C23H29N7O4S. The molecule has 3 aromatic rings. The highest BCUT2D eigenvalue weighted by atomic mass is 32.1. The number of nitrogen functional groups attached to an aromatic ring is 1. The topological polar surface area (TPSA) is 151 Å². The summed E-state index contributed by atoms with van der Waals surface area (Å²) in [7, 11) is 0. The molecule has 1 unspecified atom stereocenters. The smallest absolute Gasteiger partial charge is 0.219 e. The van der Waals surface area contributed by atoms with Crippen LogP contribution in [0.1, 0.15) is 24.6 Å². The van der Waals surface area contributed by atoms with Crippen LogP contribution in [0, 0.1) is 0 Å². The summed E-state index contributed by atoms with van der Waals surface area (Å²) in [6, 6.07) is 1.95. The number of aromatic nitrogens is 4. The molecular weight excluding hydrogens is 470 g/mol. The van der Waals surface area contributed by atoms with Gasteiger partial charge < -0.3 is 30.4 Å². The number of anilines is 2. The van der Waals surface area contributed by atoms with Gasteiger partial charge in [0.25, 0.3) is 0 Å². The van der Waals surface area contributed by atoms with Gasteiger partial charge in [0.15, 0.2) is 17.9 Å². The van der Waals surface area contributed by atoms with Crippen LogP contribution in [0.2, 0.25) is 0 Å². The molecule has 0 aromatic carbocycles. The maximum Gasteiger partial charge on any atom is 0.219 e. The van der Waals surface area contributed by atoms with Crippen molar-refractivity contribution in [2.75, 3.05) is 56.6 Å². The molecule has 0 radical (unpaired) electrons. The first-order valence-corrected chi connectivity index (χ1v) is 12.4. The van der Waals surface area contributed by atoms with E-state index in [1.165, 1.54) is 18.3 Å². The van der Waals surface area contributed by atoms with Crippen LogP contribution in [-0.2, 0) is 15.1 Å². The van der Waals surface area contributed by atoms with E-state index in [0.717, 1.165) is 20.9 Å². The van der Waals surface area contributed by atoms with E-state index in [-0.39, 0.29) is 12.5 Å². The largest absolute Gasteiger partial charge is 0.384 e. The second-order valence-corrected chi connectivity index (χ2v) is 10.5. The number of likely N-dealkylation sites (tertiary alicyclic amines) is 1. The number of β-amino-alcohol motifs (C(OH)–C–C–N with tert-alkyl or cyclic N) is 1. The van der Waals surface area contributed by atoms with Crippen molar-refractivity contribution >= 4 is 39.6 Å². The molecule has 11 nitrogen and oxygen atoms in total. The number of aliphatic hydroxyl groups is 2. The first-order chi connectivity index (χ1) is 16.8. The van der Waals surface area contributed by atoms with E-state index in [9.17, 15) is 15.0 Å². The van der Waals surface area contributed by atoms with Gasteiger partial charge >= 0.3 is 0 Å². The van der Waals surface area contributed by atoms with Crippen molar-refractivity contribution in [3.8, 4) is 11.4 Å². The molecule has 0 spiro atoms. The van der Waals surface area contributed by atoms with Gasteiger partial charge in [0.05, 0.1) is 29.0 Å². The van der Waals surface area contributed by atoms with E-state index >= 15 is 0 Å². The van der Waals surface area contributed by atoms with Crippen molar-refractivity contribution in [3.63, 3.8) is 0 Å². The van der Waals surface area contributed by atoms with Crippen LogP contribution >= 0.6 is 11.3 Å². The Bertz CT molecular complexity index is 1200. The maximum atomic E-state index is 11.6. The molecule has 2 fully saturated rings. The molecule has 1 atom stereocenters. The number of aldehydes is 1. The van der Waals surface area contributed by atoms with Crippen LogP contribution < -0.4 is 10.6 Å². The van der Waals surface area contributed by atoms with Crippen LogP contribution in [0.4, 0.5) is 11.8 Å². The summed E-state index contributed by atoms with van der Waals surface area (Å²) >= 11 is 1.52. The number of nitrogens with two attached hydrogens (primary N) is 1. The molecule has 2 aliphatic heterocycles. The summed E-state index contributed by atoms with van der Waals surface area (Å²) < 4.78 is 6.45. The van der Waals surface area contributed by atoms with E-state index in [4.69, 9.17) is 20.4 Å². The Morgan fingerprint density at radius 2 is 1.89 bits per heavy atom. The second kappa shape index (κ2) is 9.36. The molecule has 0 aliphatic carbocycles. The van der Waals surface area contributed by atoms with Gasteiger partial charge in [0.1, 0.15) is 11.2 Å². The van der Waals surface area contributed by atoms with Gasteiger partial charge in [-0.05, 0) is 25.8 Å². The van der Waals surface area contributed by atoms with Gasteiger partial charge in [-0.2, -0.15) is 0 Å². The van der Waals surface area contributed by atoms with Gasteiger partial charge in [-0.3, -0.25) is 4.90 Å². The summed E-state index contributed by atoms with van der Waals surface area (Å²) in [6.07, 6.45) is 4.77. The lowest BCUT2D eigenvalue weighted by atomic mass is 9.89. The Labute approximate surface area is 206 Å². The number of thiophene rings is 1. The summed E-state index contributed by atoms with van der Waals surface area (Å²) in [5.41, 5.74) is 4.67. The third-order valence-electron chi connectivity index (χ3n) is 6.53. The number of fused-ring (bicyclic) bond motifs is 1. The Balaban J connectivity index is 1.48. The van der Waals surface area contributed by atoms with Crippen molar-refractivity contribution in [2.45, 2.75) is 31.0 Å². The van der Waals surface area contributed by atoms with Crippen molar-refractivity contribution in [1.29, 1.82) is 0 Å². The van der Waals surface area contributed by atoms with Crippen LogP contribution in [0.15, 0.2) is 18.5 Å². The van der Waals surface area contributed by atoms with Crippen molar-refractivity contribution in [2.24, 2.45) is 0 Å². The standard InChI is InChI=1S/C23H29N7O4S/c1-22(32,14-31)13-29-4-2-23(33,3-5-29)17-10-16-18(35-17)20(30-6-8-34-9-7-30)28-19(27-16)15-11-25-21(24)26-12-15/h10-12,14,32-33H,2-9,13H2,1H3,(H2,24,25,26). The van der Waals surface area contributed by atoms with E-state index < -0.39 is 11.2 Å². The van der Waals surface area contributed by atoms with Crippen LogP contribution in [0.3, 0.4) is 0 Å². The summed E-state index contributed by atoms with van der Waals surface area (Å²) in [5.74, 6) is 1.50. The number of morpholine rings is 1. The van der Waals surface area contributed by atoms with Gasteiger partial charge in [0.2, 0.25) is 5.95 Å². The quantitative estimate of drug-likeness (QED) is 0.413. The van der Waals surface area contributed by atoms with E-state index in [2.05, 4.69) is 14.9 Å². The number of nitrogens with zero attached hydrogens (tertiary/aromatic N) is 6. The molecule has 3 aromatic heterocycles. The lowest BCUT2D eigenvalue weighted by molar-refractivity contribution is -0.125. The molecule has 0 bridgehead atoms. The van der Waals surface area contributed by atoms with Crippen LogP contribution in [0.25, 0.3) is 21.6 Å². The Morgan fingerprint density at radius 3 is 2.54 bits per heavy atom. The van der Waals surface area contributed by atoms with Gasteiger partial charge in [-0.25, -0.2) is 19.9 Å². The zero-order valence-corrected chi connectivity index (χ0v) is 20.4. The Kier molecular flexibility index (Phi) is 6.40. The highest BCUT2D eigenvalue weighted by Crippen LogP contribution is 2.42. The SMILES string of the molecule is CC(O)(C=O)CN1CCC(O)(c2cc3nc(-c4cnc(N)nc4)nc(N4CCOCC4)c3s2)CC1. The average molecular weight is 500 g/mol. The molecule has 2 saturated heterocycles. The fourth-order valence-corrected chi connectivity index (χ4v) is 5.79. The van der Waals surface area contributed by atoms with Crippen molar-refractivity contribution in [3.05, 3.63) is 23.3 Å². The lowest BCUT2D eigenvalue weighted by Crippen LogP contribution is -2.48. The molecule has 0 amide bonds. The van der Waals surface area contributed by atoms with E-state index in [1.807, 2.05) is 11.0 Å². The number of ether oxygens (including phenoxy) is 1. The highest BCUT2D eigenvalue weighted by molar-refractivity contribution is 7.19. The Morgan fingerprint density at radius 1 is 1.20 bits per heavy atom. The first kappa shape index (κ1) is 23.9. The molecule has 12 heteroatoms. The number of carbonyl (C=O) groups is 1. The summed E-state index contributed by atoms with van der Waals surface area (Å²) in [6.45, 7) is 5.57. The summed E-state index contributed by atoms with van der Waals surface area (Å²) in [5, 5.41) is 21.7. The molecule has 0 saturated carbocycles. The number of hydrogen-bond acceptors (Lipinski definition) is 12. The minimum Gasteiger partial charge on any atom is -0.384 e. The number of rotatable bonds is 6. The lowest BCUT2D eigenvalue weighted by Gasteiger charge is -2.39. The van der Waals surface area contributed by atoms with E-state index in [0.29, 0.717) is 69.9 Å². The van der Waals surface area contributed by atoms with Crippen molar-refractivity contribution < 1.29 is 19.7 Å². The minimum atomic E-state index is -1.39. The highest BCUT2D eigenvalue weighted by Gasteiger charge is 2.38. The zero-order valence-electron chi connectivity index (χ0n) is 19.6. The fraction of sp³-hybridized carbons (Fsp3) is 0.522. The molecule has 4 N–H and O–H groups in total. The molecule has 5 rings (SSSR count).